The van der Waals surface area contributed by atoms with Gasteiger partial charge < -0.3 is 9.84 Å². The van der Waals surface area contributed by atoms with Gasteiger partial charge in [-0.1, -0.05) is 23.8 Å². The number of nitro groups is 1. The van der Waals surface area contributed by atoms with Crippen molar-refractivity contribution in [3.63, 3.8) is 0 Å². The van der Waals surface area contributed by atoms with Gasteiger partial charge in [-0.2, -0.15) is 0 Å². The maximum absolute atomic E-state index is 11.0. The molecule has 0 fully saturated rings. The SMILES string of the molecule is Cc1ccc(Oc2c(Br)cccc2[N+](=O)[O-])c(CO)c1. The number of aliphatic hydroxyl groups excluding tert-OH is 1. The van der Waals surface area contributed by atoms with E-state index in [2.05, 4.69) is 15.9 Å². The van der Waals surface area contributed by atoms with Crippen molar-refractivity contribution in [1.29, 1.82) is 0 Å². The van der Waals surface area contributed by atoms with Crippen LogP contribution in [0, 0.1) is 17.0 Å². The molecule has 0 bridgehead atoms. The van der Waals surface area contributed by atoms with Crippen molar-refractivity contribution in [1.82, 2.24) is 0 Å². The Morgan fingerprint density at radius 2 is 2.10 bits per heavy atom. The Bertz CT molecular complexity index is 658. The third-order valence-electron chi connectivity index (χ3n) is 2.74. The normalized spacial score (nSPS) is 10.3. The third-order valence-corrected chi connectivity index (χ3v) is 3.37. The molecule has 0 unspecified atom stereocenters. The number of nitrogens with zero attached hydrogens (tertiary/aromatic N) is 1. The standard InChI is InChI=1S/C14H12BrNO4/c1-9-5-6-13(10(7-9)8-17)20-14-11(15)3-2-4-12(14)16(18)19/h2-7,17H,8H2,1H3. The molecule has 5 nitrogen and oxygen atoms in total. The van der Waals surface area contributed by atoms with Crippen molar-refractivity contribution >= 4 is 21.6 Å². The van der Waals surface area contributed by atoms with E-state index in [4.69, 9.17) is 4.74 Å². The molecule has 0 aliphatic rings. The number of aryl methyl sites for hydroxylation is 1. The maximum atomic E-state index is 11.0. The molecule has 20 heavy (non-hydrogen) atoms. The lowest BCUT2D eigenvalue weighted by molar-refractivity contribution is -0.385. The summed E-state index contributed by atoms with van der Waals surface area (Å²) in [6.07, 6.45) is 0. The lowest BCUT2D eigenvalue weighted by Crippen LogP contribution is -1.97. The third kappa shape index (κ3) is 2.97. The highest BCUT2D eigenvalue weighted by molar-refractivity contribution is 9.10. The van der Waals surface area contributed by atoms with Crippen LogP contribution in [0.15, 0.2) is 40.9 Å². The molecule has 104 valence electrons. The molecule has 6 heteroatoms. The van der Waals surface area contributed by atoms with E-state index in [-0.39, 0.29) is 18.0 Å². The number of nitro benzene ring substituents is 1. The first-order valence-electron chi connectivity index (χ1n) is 5.84. The molecule has 1 N–H and O–H groups in total. The zero-order chi connectivity index (χ0) is 14.7. The fourth-order valence-electron chi connectivity index (χ4n) is 1.78. The number of halogens is 1. The van der Waals surface area contributed by atoms with Crippen LogP contribution in [0.3, 0.4) is 0 Å². The average Bonchev–Trinajstić information content (AvgIpc) is 2.42. The van der Waals surface area contributed by atoms with E-state index in [1.165, 1.54) is 6.07 Å². The van der Waals surface area contributed by atoms with Gasteiger partial charge in [0.15, 0.2) is 0 Å². The zero-order valence-electron chi connectivity index (χ0n) is 10.7. The van der Waals surface area contributed by atoms with Gasteiger partial charge in [-0.05, 0) is 35.0 Å². The first kappa shape index (κ1) is 14.5. The highest BCUT2D eigenvalue weighted by atomic mass is 79.9. The highest BCUT2D eigenvalue weighted by Crippen LogP contribution is 2.39. The van der Waals surface area contributed by atoms with Crippen LogP contribution in [0.5, 0.6) is 11.5 Å². The molecular formula is C14H12BrNO4. The predicted molar refractivity (Wildman–Crippen MR) is 78.0 cm³/mol. The fourth-order valence-corrected chi connectivity index (χ4v) is 2.22. The van der Waals surface area contributed by atoms with Gasteiger partial charge in [0.05, 0.1) is 16.0 Å². The molecular weight excluding hydrogens is 326 g/mol. The summed E-state index contributed by atoms with van der Waals surface area (Å²) >= 11 is 3.24. The van der Waals surface area contributed by atoms with Crippen LogP contribution in [0.1, 0.15) is 11.1 Å². The number of aliphatic hydroxyl groups is 1. The number of rotatable bonds is 4. The molecule has 0 aromatic heterocycles. The lowest BCUT2D eigenvalue weighted by atomic mass is 10.1. The van der Waals surface area contributed by atoms with Crippen LogP contribution in [-0.4, -0.2) is 10.0 Å². The summed E-state index contributed by atoms with van der Waals surface area (Å²) in [5.41, 5.74) is 1.42. The van der Waals surface area contributed by atoms with Gasteiger partial charge in [0, 0.05) is 11.6 Å². The Labute approximate surface area is 124 Å². The average molecular weight is 338 g/mol. The minimum atomic E-state index is -0.507. The van der Waals surface area contributed by atoms with Crippen molar-refractivity contribution in [2.45, 2.75) is 13.5 Å². The minimum Gasteiger partial charge on any atom is -0.449 e. The second-order valence-corrected chi connectivity index (χ2v) is 5.07. The Hall–Kier alpha value is -1.92. The smallest absolute Gasteiger partial charge is 0.312 e. The largest absolute Gasteiger partial charge is 0.449 e. The number of hydrogen-bond donors (Lipinski definition) is 1. The van der Waals surface area contributed by atoms with E-state index < -0.39 is 4.92 Å². The molecule has 0 radical (unpaired) electrons. The Balaban J connectivity index is 2.47. The van der Waals surface area contributed by atoms with Gasteiger partial charge in [-0.25, -0.2) is 0 Å². The zero-order valence-corrected chi connectivity index (χ0v) is 12.3. The summed E-state index contributed by atoms with van der Waals surface area (Å²) in [7, 11) is 0. The van der Waals surface area contributed by atoms with Gasteiger partial charge in [-0.3, -0.25) is 10.1 Å². The van der Waals surface area contributed by atoms with Crippen molar-refractivity contribution in [3.8, 4) is 11.5 Å². The maximum Gasteiger partial charge on any atom is 0.312 e. The predicted octanol–water partition coefficient (Wildman–Crippen LogP) is 3.95. The van der Waals surface area contributed by atoms with Crippen LogP contribution in [0.4, 0.5) is 5.69 Å². The molecule has 0 heterocycles. The van der Waals surface area contributed by atoms with E-state index in [1.54, 1.807) is 24.3 Å². The summed E-state index contributed by atoms with van der Waals surface area (Å²) < 4.78 is 6.11. The molecule has 0 aliphatic carbocycles. The van der Waals surface area contributed by atoms with Crippen molar-refractivity contribution in [2.24, 2.45) is 0 Å². The monoisotopic (exact) mass is 337 g/mol. The second kappa shape index (κ2) is 6.02. The summed E-state index contributed by atoms with van der Waals surface area (Å²) in [6, 6.07) is 9.87. The van der Waals surface area contributed by atoms with Crippen molar-refractivity contribution < 1.29 is 14.8 Å². The van der Waals surface area contributed by atoms with E-state index in [0.29, 0.717) is 15.8 Å². The van der Waals surface area contributed by atoms with E-state index in [0.717, 1.165) is 5.56 Å². The first-order chi connectivity index (χ1) is 9.52. The van der Waals surface area contributed by atoms with Crippen molar-refractivity contribution in [3.05, 3.63) is 62.1 Å². The molecule has 0 saturated heterocycles. The lowest BCUT2D eigenvalue weighted by Gasteiger charge is -2.12. The summed E-state index contributed by atoms with van der Waals surface area (Å²) in [5, 5.41) is 20.4. The topological polar surface area (TPSA) is 72.6 Å². The fraction of sp³-hybridized carbons (Fsp3) is 0.143. The Morgan fingerprint density at radius 1 is 1.35 bits per heavy atom. The number of ether oxygens (including phenoxy) is 1. The van der Waals surface area contributed by atoms with Crippen LogP contribution in [0.2, 0.25) is 0 Å². The summed E-state index contributed by atoms with van der Waals surface area (Å²) in [6.45, 7) is 1.69. The number of para-hydroxylation sites is 1. The van der Waals surface area contributed by atoms with Crippen LogP contribution >= 0.6 is 15.9 Å². The van der Waals surface area contributed by atoms with E-state index >= 15 is 0 Å². The number of benzene rings is 2. The van der Waals surface area contributed by atoms with Gasteiger partial charge in [0.25, 0.3) is 0 Å². The molecule has 0 atom stereocenters. The number of hydrogen-bond acceptors (Lipinski definition) is 4. The second-order valence-electron chi connectivity index (χ2n) is 4.22. The van der Waals surface area contributed by atoms with Gasteiger partial charge in [0.1, 0.15) is 5.75 Å². The Morgan fingerprint density at radius 3 is 2.75 bits per heavy atom. The molecule has 0 spiro atoms. The molecule has 2 aromatic rings. The Kier molecular flexibility index (Phi) is 4.36. The van der Waals surface area contributed by atoms with Gasteiger partial charge in [0.2, 0.25) is 5.75 Å². The van der Waals surface area contributed by atoms with Crippen molar-refractivity contribution in [2.75, 3.05) is 0 Å². The van der Waals surface area contributed by atoms with Crippen LogP contribution < -0.4 is 4.74 Å². The molecule has 2 rings (SSSR count). The van der Waals surface area contributed by atoms with Crippen LogP contribution in [-0.2, 0) is 6.61 Å². The summed E-state index contributed by atoms with van der Waals surface area (Å²) in [5.74, 6) is 0.518. The van der Waals surface area contributed by atoms with E-state index in [9.17, 15) is 15.2 Å². The minimum absolute atomic E-state index is 0.121. The summed E-state index contributed by atoms with van der Waals surface area (Å²) in [4.78, 5) is 10.5. The van der Waals surface area contributed by atoms with Gasteiger partial charge >= 0.3 is 5.69 Å². The highest BCUT2D eigenvalue weighted by Gasteiger charge is 2.19. The van der Waals surface area contributed by atoms with E-state index in [1.807, 2.05) is 13.0 Å². The van der Waals surface area contributed by atoms with Crippen LogP contribution in [0.25, 0.3) is 0 Å². The van der Waals surface area contributed by atoms with Gasteiger partial charge in [-0.15, -0.1) is 0 Å². The molecule has 0 amide bonds. The molecule has 0 saturated carbocycles. The molecule has 0 aliphatic heterocycles. The quantitative estimate of drug-likeness (QED) is 0.677. The first-order valence-corrected chi connectivity index (χ1v) is 6.63. The molecule has 2 aromatic carbocycles.